The standard InChI is InChI=1S/C5H7Cl2NO2/c6-4(7)5(9)8-1-3-2-10-3/h3-4H,1-2H2,(H,8,9). The van der Waals surface area contributed by atoms with E-state index in [2.05, 4.69) is 5.32 Å². The third-order valence-corrected chi connectivity index (χ3v) is 1.50. The van der Waals surface area contributed by atoms with Crippen LogP contribution in [0.2, 0.25) is 0 Å². The maximum Gasteiger partial charge on any atom is 0.253 e. The molecule has 5 heteroatoms. The highest BCUT2D eigenvalue weighted by Crippen LogP contribution is 2.07. The van der Waals surface area contributed by atoms with Crippen LogP contribution in [0.15, 0.2) is 0 Å². The maximum atomic E-state index is 10.6. The topological polar surface area (TPSA) is 41.6 Å². The van der Waals surface area contributed by atoms with Crippen LogP contribution < -0.4 is 5.32 Å². The molecule has 1 saturated heterocycles. The van der Waals surface area contributed by atoms with Crippen molar-refractivity contribution in [3.63, 3.8) is 0 Å². The van der Waals surface area contributed by atoms with Crippen LogP contribution in [0.5, 0.6) is 0 Å². The summed E-state index contributed by atoms with van der Waals surface area (Å²) in [5, 5.41) is 2.52. The van der Waals surface area contributed by atoms with Crippen LogP contribution >= 0.6 is 23.2 Å². The minimum Gasteiger partial charge on any atom is -0.371 e. The maximum absolute atomic E-state index is 10.6. The lowest BCUT2D eigenvalue weighted by Crippen LogP contribution is -2.31. The summed E-state index contributed by atoms with van der Waals surface area (Å²) in [6, 6.07) is 0. The zero-order chi connectivity index (χ0) is 7.56. The normalized spacial score (nSPS) is 22.9. The Labute approximate surface area is 68.6 Å². The largest absolute Gasteiger partial charge is 0.371 e. The van der Waals surface area contributed by atoms with Crippen molar-refractivity contribution in [1.82, 2.24) is 5.32 Å². The fraction of sp³-hybridized carbons (Fsp3) is 0.800. The summed E-state index contributed by atoms with van der Waals surface area (Å²) in [6.45, 7) is 1.23. The minimum atomic E-state index is -0.973. The molecule has 0 radical (unpaired) electrons. The van der Waals surface area contributed by atoms with Crippen LogP contribution in [-0.4, -0.2) is 30.0 Å². The Bertz CT molecular complexity index is 136. The van der Waals surface area contributed by atoms with Gasteiger partial charge in [0.1, 0.15) is 0 Å². The van der Waals surface area contributed by atoms with Crippen molar-refractivity contribution >= 4 is 29.1 Å². The molecule has 0 aliphatic carbocycles. The summed E-state index contributed by atoms with van der Waals surface area (Å²) in [5.74, 6) is -0.362. The van der Waals surface area contributed by atoms with E-state index in [1.54, 1.807) is 0 Å². The predicted molar refractivity (Wildman–Crippen MR) is 38.2 cm³/mol. The van der Waals surface area contributed by atoms with Gasteiger partial charge in [-0.3, -0.25) is 4.79 Å². The van der Waals surface area contributed by atoms with Gasteiger partial charge in [-0.05, 0) is 0 Å². The van der Waals surface area contributed by atoms with Crippen molar-refractivity contribution in [2.75, 3.05) is 13.2 Å². The molecule has 0 spiro atoms. The molecule has 58 valence electrons. The molecule has 1 heterocycles. The van der Waals surface area contributed by atoms with Gasteiger partial charge >= 0.3 is 0 Å². The van der Waals surface area contributed by atoms with Crippen LogP contribution in [0.1, 0.15) is 0 Å². The van der Waals surface area contributed by atoms with Gasteiger partial charge in [0.2, 0.25) is 0 Å². The molecular weight excluding hydrogens is 177 g/mol. The van der Waals surface area contributed by atoms with Crippen molar-refractivity contribution in [3.8, 4) is 0 Å². The van der Waals surface area contributed by atoms with Crippen molar-refractivity contribution in [1.29, 1.82) is 0 Å². The second-order valence-corrected chi connectivity index (χ2v) is 3.10. The van der Waals surface area contributed by atoms with E-state index in [1.165, 1.54) is 0 Å². The summed E-state index contributed by atoms with van der Waals surface area (Å²) < 4.78 is 4.84. The molecule has 1 fully saturated rings. The molecule has 0 aromatic carbocycles. The van der Waals surface area contributed by atoms with E-state index in [0.717, 1.165) is 6.61 Å². The number of hydrogen-bond acceptors (Lipinski definition) is 2. The number of hydrogen-bond donors (Lipinski definition) is 1. The van der Waals surface area contributed by atoms with Crippen LogP contribution in [0, 0.1) is 0 Å². The molecular formula is C5H7Cl2NO2. The van der Waals surface area contributed by atoms with Gasteiger partial charge in [0.25, 0.3) is 5.91 Å². The molecule has 1 aliphatic rings. The Morgan fingerprint density at radius 3 is 2.80 bits per heavy atom. The van der Waals surface area contributed by atoms with Crippen molar-refractivity contribution in [3.05, 3.63) is 0 Å². The zero-order valence-electron chi connectivity index (χ0n) is 5.14. The highest BCUT2D eigenvalue weighted by atomic mass is 35.5. The number of carbonyl (C=O) groups excluding carboxylic acids is 1. The molecule has 1 N–H and O–H groups in total. The molecule has 0 bridgehead atoms. The molecule has 0 aromatic rings. The molecule has 1 amide bonds. The first-order valence-electron chi connectivity index (χ1n) is 2.87. The smallest absolute Gasteiger partial charge is 0.253 e. The quantitative estimate of drug-likeness (QED) is 0.506. The summed E-state index contributed by atoms with van der Waals surface area (Å²) >= 11 is 10.5. The van der Waals surface area contributed by atoms with Crippen LogP contribution in [0.3, 0.4) is 0 Å². The third kappa shape index (κ3) is 2.73. The predicted octanol–water partition coefficient (Wildman–Crippen LogP) is 0.305. The van der Waals surface area contributed by atoms with Gasteiger partial charge in [-0.1, -0.05) is 23.2 Å². The lowest BCUT2D eigenvalue weighted by atomic mass is 10.5. The number of rotatable bonds is 3. The number of carbonyl (C=O) groups is 1. The Morgan fingerprint density at radius 1 is 1.80 bits per heavy atom. The summed E-state index contributed by atoms with van der Waals surface area (Å²) in [5.41, 5.74) is 0. The summed E-state index contributed by atoms with van der Waals surface area (Å²) in [4.78, 5) is 9.67. The first-order valence-corrected chi connectivity index (χ1v) is 3.75. The monoisotopic (exact) mass is 183 g/mol. The molecule has 1 unspecified atom stereocenters. The number of epoxide rings is 1. The van der Waals surface area contributed by atoms with Gasteiger partial charge in [0.05, 0.1) is 12.7 Å². The summed E-state index contributed by atoms with van der Waals surface area (Å²) in [7, 11) is 0. The van der Waals surface area contributed by atoms with E-state index < -0.39 is 4.84 Å². The van der Waals surface area contributed by atoms with Crippen LogP contribution in [0.4, 0.5) is 0 Å². The number of nitrogens with one attached hydrogen (secondary N) is 1. The molecule has 1 rings (SSSR count). The van der Waals surface area contributed by atoms with Gasteiger partial charge in [-0.2, -0.15) is 0 Å². The number of amides is 1. The number of ether oxygens (including phenoxy) is 1. The molecule has 0 aromatic heterocycles. The second kappa shape index (κ2) is 3.42. The van der Waals surface area contributed by atoms with Crippen molar-refractivity contribution < 1.29 is 9.53 Å². The molecule has 0 saturated carbocycles. The van der Waals surface area contributed by atoms with E-state index in [-0.39, 0.29) is 12.0 Å². The minimum absolute atomic E-state index is 0.177. The third-order valence-electron chi connectivity index (χ3n) is 1.10. The Hall–Kier alpha value is 0.01000. The van der Waals surface area contributed by atoms with E-state index in [4.69, 9.17) is 27.9 Å². The molecule has 1 aliphatic heterocycles. The van der Waals surface area contributed by atoms with E-state index in [0.29, 0.717) is 6.54 Å². The van der Waals surface area contributed by atoms with Crippen molar-refractivity contribution in [2.45, 2.75) is 10.9 Å². The van der Waals surface area contributed by atoms with Crippen molar-refractivity contribution in [2.24, 2.45) is 0 Å². The van der Waals surface area contributed by atoms with E-state index >= 15 is 0 Å². The fourth-order valence-electron chi connectivity index (χ4n) is 0.477. The number of halogens is 2. The molecule has 10 heavy (non-hydrogen) atoms. The zero-order valence-corrected chi connectivity index (χ0v) is 6.65. The first kappa shape index (κ1) is 8.11. The lowest BCUT2D eigenvalue weighted by molar-refractivity contribution is -0.119. The fourth-order valence-corrected chi connectivity index (χ4v) is 0.632. The summed E-state index contributed by atoms with van der Waals surface area (Å²) in [6.07, 6.45) is 0.177. The molecule has 3 nitrogen and oxygen atoms in total. The highest BCUT2D eigenvalue weighted by molar-refractivity contribution is 6.53. The van der Waals surface area contributed by atoms with E-state index in [1.807, 2.05) is 0 Å². The lowest BCUT2D eigenvalue weighted by Gasteiger charge is -2.01. The Balaban J connectivity index is 2.05. The van der Waals surface area contributed by atoms with Gasteiger partial charge in [-0.25, -0.2) is 0 Å². The average Bonchev–Trinajstić information content (AvgIpc) is 2.64. The first-order chi connectivity index (χ1) is 4.70. The number of alkyl halides is 2. The van der Waals surface area contributed by atoms with Gasteiger partial charge in [0, 0.05) is 6.54 Å². The van der Waals surface area contributed by atoms with Crippen LogP contribution in [0.25, 0.3) is 0 Å². The van der Waals surface area contributed by atoms with E-state index in [9.17, 15) is 4.79 Å². The highest BCUT2D eigenvalue weighted by Gasteiger charge is 2.23. The van der Waals surface area contributed by atoms with Gasteiger partial charge < -0.3 is 10.1 Å². The van der Waals surface area contributed by atoms with Gasteiger partial charge in [-0.15, -0.1) is 0 Å². The SMILES string of the molecule is O=C(NCC1CO1)C(Cl)Cl. The average molecular weight is 184 g/mol. The van der Waals surface area contributed by atoms with Gasteiger partial charge in [0.15, 0.2) is 4.84 Å². The Morgan fingerprint density at radius 2 is 2.40 bits per heavy atom. The second-order valence-electron chi connectivity index (χ2n) is 2.00. The Kier molecular flexibility index (Phi) is 2.77. The molecule has 1 atom stereocenters. The van der Waals surface area contributed by atoms with Crippen LogP contribution in [-0.2, 0) is 9.53 Å².